The first-order valence-corrected chi connectivity index (χ1v) is 6.38. The highest BCUT2D eigenvalue weighted by Crippen LogP contribution is 2.34. The van der Waals surface area contributed by atoms with E-state index in [1.807, 2.05) is 13.0 Å². The van der Waals surface area contributed by atoms with Crippen molar-refractivity contribution in [1.82, 2.24) is 0 Å². The number of benzene rings is 1. The van der Waals surface area contributed by atoms with Crippen LogP contribution in [0.15, 0.2) is 16.6 Å². The van der Waals surface area contributed by atoms with Crippen LogP contribution < -0.4 is 4.74 Å². The summed E-state index contributed by atoms with van der Waals surface area (Å²) in [5.41, 5.74) is 0.774. The second kappa shape index (κ2) is 6.35. The SMILES string of the molecule is CCOCOc1cc(Br)cc(CBr)c1O. The number of hydrogen-bond donors (Lipinski definition) is 1. The fourth-order valence-corrected chi connectivity index (χ4v) is 1.94. The molecule has 0 radical (unpaired) electrons. The van der Waals surface area contributed by atoms with Crippen LogP contribution in [0, 0.1) is 0 Å². The van der Waals surface area contributed by atoms with Gasteiger partial charge in [0.1, 0.15) is 0 Å². The monoisotopic (exact) mass is 338 g/mol. The normalized spacial score (nSPS) is 10.3. The zero-order chi connectivity index (χ0) is 11.3. The van der Waals surface area contributed by atoms with Gasteiger partial charge in [-0.3, -0.25) is 0 Å². The lowest BCUT2D eigenvalue weighted by molar-refractivity contribution is 0.0208. The Kier molecular flexibility index (Phi) is 5.42. The minimum atomic E-state index is 0.141. The van der Waals surface area contributed by atoms with Crippen molar-refractivity contribution in [2.45, 2.75) is 12.3 Å². The smallest absolute Gasteiger partial charge is 0.189 e. The van der Waals surface area contributed by atoms with E-state index in [0.717, 1.165) is 10.0 Å². The van der Waals surface area contributed by atoms with Gasteiger partial charge in [-0.2, -0.15) is 0 Å². The molecule has 1 rings (SSSR count). The molecule has 0 aromatic heterocycles. The second-order valence-electron chi connectivity index (χ2n) is 2.80. The summed E-state index contributed by atoms with van der Waals surface area (Å²) in [5.74, 6) is 0.571. The zero-order valence-corrected chi connectivity index (χ0v) is 11.5. The van der Waals surface area contributed by atoms with Gasteiger partial charge in [-0.15, -0.1) is 0 Å². The molecule has 0 aliphatic heterocycles. The maximum absolute atomic E-state index is 9.78. The minimum Gasteiger partial charge on any atom is -0.504 e. The molecule has 1 aromatic carbocycles. The number of aromatic hydroxyl groups is 1. The first kappa shape index (κ1) is 12.8. The molecular weight excluding hydrogens is 328 g/mol. The molecular formula is C10H12Br2O3. The molecule has 0 saturated carbocycles. The van der Waals surface area contributed by atoms with Crippen LogP contribution in [0.5, 0.6) is 11.5 Å². The van der Waals surface area contributed by atoms with Gasteiger partial charge in [-0.25, -0.2) is 0 Å². The van der Waals surface area contributed by atoms with Crippen molar-refractivity contribution < 1.29 is 14.6 Å². The third-order valence-electron chi connectivity index (χ3n) is 1.76. The number of phenols is 1. The zero-order valence-electron chi connectivity index (χ0n) is 8.30. The molecule has 0 atom stereocenters. The summed E-state index contributed by atoms with van der Waals surface area (Å²) in [7, 11) is 0. The topological polar surface area (TPSA) is 38.7 Å². The largest absolute Gasteiger partial charge is 0.504 e. The molecule has 1 N–H and O–H groups in total. The Hall–Kier alpha value is -0.260. The van der Waals surface area contributed by atoms with Crippen molar-refractivity contribution in [1.29, 1.82) is 0 Å². The van der Waals surface area contributed by atoms with E-state index in [0.29, 0.717) is 17.7 Å². The lowest BCUT2D eigenvalue weighted by atomic mass is 10.2. The van der Waals surface area contributed by atoms with Gasteiger partial charge in [0.05, 0.1) is 0 Å². The highest BCUT2D eigenvalue weighted by Gasteiger charge is 2.09. The molecule has 0 heterocycles. The van der Waals surface area contributed by atoms with Gasteiger partial charge in [-0.1, -0.05) is 31.9 Å². The number of hydrogen-bond acceptors (Lipinski definition) is 3. The summed E-state index contributed by atoms with van der Waals surface area (Å²) >= 11 is 6.64. The predicted molar refractivity (Wildman–Crippen MR) is 65.6 cm³/mol. The average molecular weight is 340 g/mol. The highest BCUT2D eigenvalue weighted by atomic mass is 79.9. The fraction of sp³-hybridized carbons (Fsp3) is 0.400. The molecule has 1 aromatic rings. The van der Waals surface area contributed by atoms with Crippen LogP contribution >= 0.6 is 31.9 Å². The van der Waals surface area contributed by atoms with Gasteiger partial charge >= 0.3 is 0 Å². The van der Waals surface area contributed by atoms with Gasteiger partial charge in [-0.05, 0) is 19.1 Å². The quantitative estimate of drug-likeness (QED) is 0.507. The summed E-state index contributed by atoms with van der Waals surface area (Å²) in [4.78, 5) is 0. The Morgan fingerprint density at radius 2 is 2.13 bits per heavy atom. The van der Waals surface area contributed by atoms with E-state index in [9.17, 15) is 5.11 Å². The van der Waals surface area contributed by atoms with E-state index in [-0.39, 0.29) is 12.5 Å². The molecule has 0 bridgehead atoms. The molecule has 3 nitrogen and oxygen atoms in total. The van der Waals surface area contributed by atoms with E-state index in [4.69, 9.17) is 9.47 Å². The fourth-order valence-electron chi connectivity index (χ4n) is 1.03. The maximum atomic E-state index is 9.78. The van der Waals surface area contributed by atoms with E-state index < -0.39 is 0 Å². The molecule has 5 heteroatoms. The van der Waals surface area contributed by atoms with Gasteiger partial charge in [0, 0.05) is 22.0 Å². The van der Waals surface area contributed by atoms with Gasteiger partial charge in [0.15, 0.2) is 18.3 Å². The number of rotatable bonds is 5. The standard InChI is InChI=1S/C10H12Br2O3/c1-2-14-6-15-9-4-8(12)3-7(5-11)10(9)13/h3-4,13H,2,5-6H2,1H3. The van der Waals surface area contributed by atoms with Crippen molar-refractivity contribution in [2.24, 2.45) is 0 Å². The Labute approximate surface area is 106 Å². The van der Waals surface area contributed by atoms with Gasteiger partial charge in [0.25, 0.3) is 0 Å². The molecule has 0 amide bonds. The Balaban J connectivity index is 2.81. The van der Waals surface area contributed by atoms with E-state index in [2.05, 4.69) is 31.9 Å². The summed E-state index contributed by atoms with van der Waals surface area (Å²) in [6, 6.07) is 3.54. The average Bonchev–Trinajstić information content (AvgIpc) is 2.23. The molecule has 0 spiro atoms. The third kappa shape index (κ3) is 3.66. The van der Waals surface area contributed by atoms with Crippen LogP contribution in [0.25, 0.3) is 0 Å². The van der Waals surface area contributed by atoms with Gasteiger partial charge in [0.2, 0.25) is 0 Å². The molecule has 15 heavy (non-hydrogen) atoms. The highest BCUT2D eigenvalue weighted by molar-refractivity contribution is 9.10. The Morgan fingerprint density at radius 3 is 2.73 bits per heavy atom. The summed E-state index contributed by atoms with van der Waals surface area (Å²) in [6.07, 6.45) is 0. The first-order valence-electron chi connectivity index (χ1n) is 4.47. The van der Waals surface area contributed by atoms with Crippen LogP contribution in [0.1, 0.15) is 12.5 Å². The van der Waals surface area contributed by atoms with Gasteiger partial charge < -0.3 is 14.6 Å². The summed E-state index contributed by atoms with van der Waals surface area (Å²) < 4.78 is 11.2. The lowest BCUT2D eigenvalue weighted by Crippen LogP contribution is -2.02. The van der Waals surface area contributed by atoms with Crippen LogP contribution in [-0.2, 0) is 10.1 Å². The van der Waals surface area contributed by atoms with E-state index >= 15 is 0 Å². The maximum Gasteiger partial charge on any atom is 0.189 e. The van der Waals surface area contributed by atoms with Crippen molar-refractivity contribution >= 4 is 31.9 Å². The van der Waals surface area contributed by atoms with Crippen LogP contribution in [-0.4, -0.2) is 18.5 Å². The lowest BCUT2D eigenvalue weighted by Gasteiger charge is -2.10. The second-order valence-corrected chi connectivity index (χ2v) is 4.28. The van der Waals surface area contributed by atoms with Crippen LogP contribution in [0.2, 0.25) is 0 Å². The van der Waals surface area contributed by atoms with Crippen molar-refractivity contribution in [3.05, 3.63) is 22.2 Å². The molecule has 84 valence electrons. The number of alkyl halides is 1. The molecule has 0 aliphatic carbocycles. The minimum absolute atomic E-state index is 0.141. The third-order valence-corrected chi connectivity index (χ3v) is 2.83. The molecule has 0 fully saturated rings. The van der Waals surface area contributed by atoms with Crippen molar-refractivity contribution in [3.8, 4) is 11.5 Å². The number of halogens is 2. The summed E-state index contributed by atoms with van der Waals surface area (Å²) in [6.45, 7) is 2.61. The Morgan fingerprint density at radius 1 is 1.40 bits per heavy atom. The van der Waals surface area contributed by atoms with E-state index in [1.165, 1.54) is 0 Å². The predicted octanol–water partition coefficient (Wildman–Crippen LogP) is 3.42. The van der Waals surface area contributed by atoms with Crippen LogP contribution in [0.3, 0.4) is 0 Å². The number of ether oxygens (including phenoxy) is 2. The number of phenolic OH excluding ortho intramolecular Hbond substituents is 1. The molecule has 0 unspecified atom stereocenters. The first-order chi connectivity index (χ1) is 7.19. The molecule has 0 saturated heterocycles. The molecule has 0 aliphatic rings. The van der Waals surface area contributed by atoms with Crippen molar-refractivity contribution in [3.63, 3.8) is 0 Å². The van der Waals surface area contributed by atoms with Crippen molar-refractivity contribution in [2.75, 3.05) is 13.4 Å². The van der Waals surface area contributed by atoms with Crippen LogP contribution in [0.4, 0.5) is 0 Å². The van der Waals surface area contributed by atoms with E-state index in [1.54, 1.807) is 6.07 Å². The Bertz CT molecular complexity index is 329. The summed E-state index contributed by atoms with van der Waals surface area (Å²) in [5, 5.41) is 10.4.